The van der Waals surface area contributed by atoms with Gasteiger partial charge in [-0.3, -0.25) is 13.4 Å². The van der Waals surface area contributed by atoms with E-state index in [2.05, 4.69) is 6.19 Å². The lowest BCUT2D eigenvalue weighted by atomic mass is 10.1. The van der Waals surface area contributed by atoms with Gasteiger partial charge in [0, 0.05) is 19.6 Å². The van der Waals surface area contributed by atoms with Crippen LogP contribution in [0.15, 0.2) is 54.6 Å². The molecule has 6 nitrogen and oxygen atoms in total. The summed E-state index contributed by atoms with van der Waals surface area (Å²) >= 11 is 0. The van der Waals surface area contributed by atoms with Gasteiger partial charge < -0.3 is 4.90 Å². The number of nitrogens with zero attached hydrogens (tertiary/aromatic N) is 4. The van der Waals surface area contributed by atoms with Crippen LogP contribution in [0.4, 0.5) is 5.69 Å². The highest BCUT2D eigenvalue weighted by atomic mass is 32.3. The zero-order chi connectivity index (χ0) is 18.1. The predicted molar refractivity (Wildman–Crippen MR) is 103 cm³/mol. The summed E-state index contributed by atoms with van der Waals surface area (Å²) in [6, 6.07) is 17.7. The molecule has 0 bridgehead atoms. The Morgan fingerprint density at radius 3 is 2.54 bits per heavy atom. The van der Waals surface area contributed by atoms with Crippen molar-refractivity contribution in [3.05, 3.63) is 65.7 Å². The highest BCUT2D eigenvalue weighted by molar-refractivity contribution is 8.23. The maximum Gasteiger partial charge on any atom is 0.179 e. The van der Waals surface area contributed by atoms with Crippen LogP contribution in [0.5, 0.6) is 0 Å². The summed E-state index contributed by atoms with van der Waals surface area (Å²) in [4.78, 5) is 1.68. The number of rotatable bonds is 3. The largest absolute Gasteiger partial charge is 0.309 e. The Labute approximate surface area is 155 Å². The van der Waals surface area contributed by atoms with Gasteiger partial charge in [0.05, 0.1) is 18.3 Å². The number of anilines is 1. The molecule has 0 amide bonds. The molecule has 0 spiro atoms. The van der Waals surface area contributed by atoms with Crippen LogP contribution in [0.1, 0.15) is 17.5 Å². The van der Waals surface area contributed by atoms with Gasteiger partial charge in [0.15, 0.2) is 6.19 Å². The second kappa shape index (κ2) is 6.82. The van der Waals surface area contributed by atoms with Crippen LogP contribution in [0.2, 0.25) is 0 Å². The molecule has 26 heavy (non-hydrogen) atoms. The lowest BCUT2D eigenvalue weighted by molar-refractivity contribution is 0.269. The lowest BCUT2D eigenvalue weighted by Crippen LogP contribution is -2.48. The first-order valence-electron chi connectivity index (χ1n) is 8.69. The number of likely N-dealkylation sites (tertiary alicyclic amines) is 1. The van der Waals surface area contributed by atoms with Gasteiger partial charge in [0.25, 0.3) is 0 Å². The fourth-order valence-corrected chi connectivity index (χ4v) is 5.62. The smallest absolute Gasteiger partial charge is 0.179 e. The molecule has 2 aliphatic heterocycles. The van der Waals surface area contributed by atoms with Crippen LogP contribution in [-0.2, 0) is 13.1 Å². The highest BCUT2D eigenvalue weighted by Crippen LogP contribution is 2.57. The van der Waals surface area contributed by atoms with Crippen LogP contribution in [0.25, 0.3) is 0 Å². The third-order valence-corrected chi connectivity index (χ3v) is 7.05. The molecule has 0 aliphatic carbocycles. The van der Waals surface area contributed by atoms with Gasteiger partial charge >= 0.3 is 0 Å². The van der Waals surface area contributed by atoms with Gasteiger partial charge in [0.1, 0.15) is 0 Å². The second-order valence-electron chi connectivity index (χ2n) is 6.70. The number of para-hydroxylation sites is 1. The normalized spacial score (nSPS) is 23.3. The molecule has 4 rings (SSSR count). The molecule has 0 saturated carbocycles. The van der Waals surface area contributed by atoms with E-state index in [9.17, 15) is 9.11 Å². The predicted octanol–water partition coefficient (Wildman–Crippen LogP) is 3.64. The molecule has 2 aliphatic rings. The topological polar surface area (TPSA) is 74.0 Å². The lowest BCUT2D eigenvalue weighted by Gasteiger charge is -2.55. The molecule has 1 saturated heterocycles. The molecule has 2 aromatic rings. The van der Waals surface area contributed by atoms with Gasteiger partial charge in [-0.05, 0) is 34.6 Å². The zero-order valence-corrected chi connectivity index (χ0v) is 15.2. The Morgan fingerprint density at radius 2 is 1.81 bits per heavy atom. The van der Waals surface area contributed by atoms with Crippen molar-refractivity contribution in [2.24, 2.45) is 0 Å². The van der Waals surface area contributed by atoms with Crippen LogP contribution in [0, 0.1) is 11.5 Å². The molecule has 1 unspecified atom stereocenters. The maximum atomic E-state index is 11.2. The molecule has 2 heterocycles. The van der Waals surface area contributed by atoms with Crippen LogP contribution < -0.4 is 4.31 Å². The van der Waals surface area contributed by atoms with Crippen molar-refractivity contribution in [3.8, 4) is 6.19 Å². The van der Waals surface area contributed by atoms with E-state index < -0.39 is 11.0 Å². The van der Waals surface area contributed by atoms with E-state index in [1.807, 2.05) is 54.6 Å². The van der Waals surface area contributed by atoms with E-state index in [1.165, 1.54) is 0 Å². The number of nitriles is 1. The maximum absolute atomic E-state index is 11.2. The Hall–Kier alpha value is -2.24. The molecule has 2 N–H and O–H groups in total. The first kappa shape index (κ1) is 17.2. The fraction of sp³-hybridized carbons (Fsp3) is 0.316. The van der Waals surface area contributed by atoms with Gasteiger partial charge in [-0.15, -0.1) is 0 Å². The summed E-state index contributed by atoms with van der Waals surface area (Å²) in [5.74, 6) is 0. The van der Waals surface area contributed by atoms with E-state index in [4.69, 9.17) is 5.26 Å². The van der Waals surface area contributed by atoms with Crippen molar-refractivity contribution >= 4 is 16.6 Å². The van der Waals surface area contributed by atoms with Crippen molar-refractivity contribution in [1.82, 2.24) is 9.21 Å². The van der Waals surface area contributed by atoms with Crippen LogP contribution >= 0.6 is 11.0 Å². The van der Waals surface area contributed by atoms with E-state index in [-0.39, 0.29) is 6.04 Å². The summed E-state index contributed by atoms with van der Waals surface area (Å²) in [5, 5.41) is 9.15. The average molecular weight is 370 g/mol. The van der Waals surface area contributed by atoms with Crippen molar-refractivity contribution in [1.29, 1.82) is 5.26 Å². The second-order valence-corrected chi connectivity index (χ2v) is 8.59. The van der Waals surface area contributed by atoms with E-state index >= 15 is 0 Å². The first-order chi connectivity index (χ1) is 12.6. The molecule has 1 fully saturated rings. The molecule has 0 radical (unpaired) electrons. The van der Waals surface area contributed by atoms with Gasteiger partial charge in [-0.25, -0.2) is 0 Å². The minimum atomic E-state index is -3.16. The summed E-state index contributed by atoms with van der Waals surface area (Å²) in [5.41, 5.74) is 2.96. The van der Waals surface area contributed by atoms with Crippen molar-refractivity contribution < 1.29 is 9.11 Å². The minimum absolute atomic E-state index is 0.0497. The third-order valence-electron chi connectivity index (χ3n) is 5.08. The van der Waals surface area contributed by atoms with E-state index in [0.29, 0.717) is 26.2 Å². The number of hydrogen-bond acceptors (Lipinski definition) is 6. The number of fused-ring (bicyclic) bond motifs is 1. The first-order valence-corrected chi connectivity index (χ1v) is 10.1. The van der Waals surface area contributed by atoms with E-state index in [0.717, 1.165) is 23.2 Å². The Bertz CT molecular complexity index is 824. The zero-order valence-electron chi connectivity index (χ0n) is 14.4. The molecule has 0 aromatic heterocycles. The van der Waals surface area contributed by atoms with Crippen LogP contribution in [-0.4, -0.2) is 37.4 Å². The van der Waals surface area contributed by atoms with Gasteiger partial charge in [0.2, 0.25) is 0 Å². The van der Waals surface area contributed by atoms with Crippen LogP contribution in [0.3, 0.4) is 0 Å². The van der Waals surface area contributed by atoms with Gasteiger partial charge in [-0.1, -0.05) is 48.5 Å². The average Bonchev–Trinajstić information content (AvgIpc) is 3.13. The highest BCUT2D eigenvalue weighted by Gasteiger charge is 2.42. The summed E-state index contributed by atoms with van der Waals surface area (Å²) in [6.07, 6.45) is 2.92. The van der Waals surface area contributed by atoms with Crippen molar-refractivity contribution in [2.75, 3.05) is 17.4 Å². The number of benzene rings is 2. The minimum Gasteiger partial charge on any atom is -0.309 e. The SMILES string of the molecule is N#CN1CCC(N2Cc3ccccc3N(Cc3ccccc3)S2(O)O)C1. The molecule has 136 valence electrons. The van der Waals surface area contributed by atoms with Crippen molar-refractivity contribution in [2.45, 2.75) is 25.6 Å². The molecule has 1 atom stereocenters. The third kappa shape index (κ3) is 3.02. The van der Waals surface area contributed by atoms with Crippen molar-refractivity contribution in [3.63, 3.8) is 0 Å². The van der Waals surface area contributed by atoms with Gasteiger partial charge in [-0.2, -0.15) is 9.57 Å². The monoisotopic (exact) mass is 370 g/mol. The fourth-order valence-electron chi connectivity index (χ4n) is 3.72. The summed E-state index contributed by atoms with van der Waals surface area (Å²) in [7, 11) is -3.16. The summed E-state index contributed by atoms with van der Waals surface area (Å²) in [6.45, 7) is 2.10. The Morgan fingerprint density at radius 1 is 1.08 bits per heavy atom. The molecular formula is C19H22N4O2S. The molecule has 2 aromatic carbocycles. The summed E-state index contributed by atoms with van der Waals surface area (Å²) < 4.78 is 25.9. The quantitative estimate of drug-likeness (QED) is 0.804. The Balaban J connectivity index is 1.70. The standard InChI is InChI=1S/C19H22N4O2S/c20-15-21-11-10-18(14-21)22-13-17-8-4-5-9-19(17)23(26(22,24)25)12-16-6-2-1-3-7-16/h1-9,18,24-25H,10-14H2. The molecular weight excluding hydrogens is 348 g/mol. The molecule has 7 heteroatoms. The number of hydrogen-bond donors (Lipinski definition) is 2. The van der Waals surface area contributed by atoms with E-state index in [1.54, 1.807) is 13.5 Å². The Kier molecular flexibility index (Phi) is 4.51.